The number of sulfonamides is 1. The van der Waals surface area contributed by atoms with Crippen LogP contribution in [0.4, 0.5) is 14.5 Å². The summed E-state index contributed by atoms with van der Waals surface area (Å²) in [4.78, 5) is 26.0. The van der Waals surface area contributed by atoms with Crippen LogP contribution in [0.1, 0.15) is 16.2 Å². The number of amides is 1. The maximum absolute atomic E-state index is 15.3. The number of benzene rings is 3. The molecule has 13 heteroatoms. The van der Waals surface area contributed by atoms with Gasteiger partial charge >= 0.3 is 0 Å². The average Bonchev–Trinajstić information content (AvgIpc) is 3.71. The highest BCUT2D eigenvalue weighted by Crippen LogP contribution is 2.75. The van der Waals surface area contributed by atoms with E-state index < -0.39 is 21.7 Å². The Kier molecular flexibility index (Phi) is 6.16. The molecule has 2 aliphatic carbocycles. The topological polar surface area (TPSA) is 113 Å². The second-order valence-corrected chi connectivity index (χ2v) is 15.9. The minimum Gasteiger partial charge on any atom is -0.455 e. The Labute approximate surface area is 290 Å². The lowest BCUT2D eigenvalue weighted by Gasteiger charge is -2.21. The second kappa shape index (κ2) is 10.3. The first-order valence-electron chi connectivity index (χ1n) is 16.7. The molecule has 6 heterocycles. The molecule has 4 atom stereocenters. The summed E-state index contributed by atoms with van der Waals surface area (Å²) in [5.74, 6) is 2.24. The summed E-state index contributed by atoms with van der Waals surface area (Å²) in [5, 5.41) is 3.53. The number of nitrogens with zero attached hydrogens (tertiary/aromatic N) is 5. The summed E-state index contributed by atoms with van der Waals surface area (Å²) in [5.41, 5.74) is 4.54. The monoisotopic (exact) mass is 704 g/mol. The van der Waals surface area contributed by atoms with Crippen molar-refractivity contribution in [3.05, 3.63) is 95.8 Å². The van der Waals surface area contributed by atoms with Crippen molar-refractivity contribution >= 4 is 60.0 Å². The zero-order valence-electron chi connectivity index (χ0n) is 27.7. The summed E-state index contributed by atoms with van der Waals surface area (Å²) in [7, 11) is -0.840. The van der Waals surface area contributed by atoms with E-state index in [9.17, 15) is 17.6 Å². The van der Waals surface area contributed by atoms with Crippen LogP contribution in [-0.2, 0) is 16.6 Å². The Morgan fingerprint density at radius 2 is 1.78 bits per heavy atom. The fourth-order valence-electron chi connectivity index (χ4n) is 8.36. The molecular weight excluding hydrogens is 675 g/mol. The van der Waals surface area contributed by atoms with Gasteiger partial charge in [-0.2, -0.15) is 0 Å². The van der Waals surface area contributed by atoms with Gasteiger partial charge in [0.1, 0.15) is 34.3 Å². The van der Waals surface area contributed by atoms with Crippen molar-refractivity contribution in [2.24, 2.45) is 17.8 Å². The van der Waals surface area contributed by atoms with Crippen LogP contribution < -0.4 is 9.62 Å². The van der Waals surface area contributed by atoms with Gasteiger partial charge in [0.15, 0.2) is 0 Å². The maximum Gasteiger partial charge on any atom is 0.255 e. The average molecular weight is 705 g/mol. The van der Waals surface area contributed by atoms with E-state index in [0.717, 1.165) is 40.7 Å². The van der Waals surface area contributed by atoms with E-state index in [4.69, 9.17) is 14.4 Å². The molecule has 0 radical (unpaired) electrons. The number of halogens is 2. The van der Waals surface area contributed by atoms with Gasteiger partial charge in [0.2, 0.25) is 10.0 Å². The molecule has 3 aromatic carbocycles. The SMILES string of the molecule is CNC(=O)c1c(-c2ccc(F)cc2)oc2cc(N(C)S(C)(=O)=O)c(-c3ccc4nc(CN5CC6C7C5[C@H]67)n5c6cccc(F)c6cc5c4n3)cc12. The highest BCUT2D eigenvalue weighted by Gasteiger charge is 2.80. The van der Waals surface area contributed by atoms with Gasteiger partial charge in [-0.05, 0) is 78.4 Å². The fourth-order valence-corrected chi connectivity index (χ4v) is 8.87. The lowest BCUT2D eigenvalue weighted by molar-refractivity contribution is 0.0964. The van der Waals surface area contributed by atoms with E-state index in [0.29, 0.717) is 62.2 Å². The number of piperidine rings is 1. The van der Waals surface area contributed by atoms with Crippen molar-refractivity contribution in [3.8, 4) is 22.6 Å². The fraction of sp³-hybridized carbons (Fsp3) is 0.237. The van der Waals surface area contributed by atoms with Crippen LogP contribution in [0.25, 0.3) is 61.0 Å². The lowest BCUT2D eigenvalue weighted by Crippen LogP contribution is -2.25. The molecule has 51 heavy (non-hydrogen) atoms. The molecule has 11 rings (SSSR count). The zero-order valence-corrected chi connectivity index (χ0v) is 28.5. The number of nitrogens with one attached hydrogen (secondary N) is 1. The Hall–Kier alpha value is -5.40. The third kappa shape index (κ3) is 4.40. The van der Waals surface area contributed by atoms with Crippen LogP contribution in [0, 0.1) is 29.4 Å². The molecule has 2 bridgehead atoms. The highest BCUT2D eigenvalue weighted by atomic mass is 32.2. The number of pyridine rings is 1. The molecule has 3 unspecified atom stereocenters. The molecule has 256 valence electrons. The van der Waals surface area contributed by atoms with Gasteiger partial charge in [0.25, 0.3) is 5.91 Å². The van der Waals surface area contributed by atoms with Crippen molar-refractivity contribution < 1.29 is 26.4 Å². The van der Waals surface area contributed by atoms with Crippen molar-refractivity contribution in [1.29, 1.82) is 0 Å². The number of furan rings is 1. The molecule has 1 N–H and O–H groups in total. The van der Waals surface area contributed by atoms with Crippen LogP contribution in [0.15, 0.2) is 77.2 Å². The van der Waals surface area contributed by atoms with E-state index in [2.05, 4.69) is 10.2 Å². The van der Waals surface area contributed by atoms with Crippen molar-refractivity contribution in [2.75, 3.05) is 31.2 Å². The number of rotatable bonds is 7. The van der Waals surface area contributed by atoms with Crippen LogP contribution in [-0.4, -0.2) is 66.5 Å². The largest absolute Gasteiger partial charge is 0.455 e. The minimum atomic E-state index is -3.77. The smallest absolute Gasteiger partial charge is 0.255 e. The Bertz CT molecular complexity index is 2760. The molecule has 2 saturated heterocycles. The number of anilines is 1. The third-order valence-electron chi connectivity index (χ3n) is 11.0. The molecule has 4 aliphatic rings. The molecule has 10 nitrogen and oxygen atoms in total. The van der Waals surface area contributed by atoms with Gasteiger partial charge in [0, 0.05) is 54.6 Å². The van der Waals surface area contributed by atoms with E-state index in [-0.39, 0.29) is 28.4 Å². The summed E-state index contributed by atoms with van der Waals surface area (Å²) in [6.45, 7) is 1.70. The van der Waals surface area contributed by atoms with E-state index in [1.165, 1.54) is 44.4 Å². The van der Waals surface area contributed by atoms with Crippen LogP contribution in [0.5, 0.6) is 0 Å². The molecule has 0 spiro atoms. The van der Waals surface area contributed by atoms with E-state index in [1.54, 1.807) is 30.3 Å². The van der Waals surface area contributed by atoms with Gasteiger partial charge in [0.05, 0.1) is 46.3 Å². The van der Waals surface area contributed by atoms with Gasteiger partial charge in [-0.25, -0.2) is 27.2 Å². The minimum absolute atomic E-state index is 0.207. The van der Waals surface area contributed by atoms with Crippen LogP contribution >= 0.6 is 0 Å². The summed E-state index contributed by atoms with van der Waals surface area (Å²) < 4.78 is 64.4. The first-order chi connectivity index (χ1) is 24.5. The number of fused-ring (bicyclic) bond motifs is 7. The molecule has 7 aromatic rings. The zero-order chi connectivity index (χ0) is 35.1. The molecule has 4 fully saturated rings. The summed E-state index contributed by atoms with van der Waals surface area (Å²) >= 11 is 0. The van der Waals surface area contributed by atoms with Gasteiger partial charge in [-0.15, -0.1) is 0 Å². The lowest BCUT2D eigenvalue weighted by atomic mass is 10.0. The van der Waals surface area contributed by atoms with Crippen LogP contribution in [0.2, 0.25) is 0 Å². The maximum atomic E-state index is 15.3. The van der Waals surface area contributed by atoms with Crippen molar-refractivity contribution in [2.45, 2.75) is 12.6 Å². The Morgan fingerprint density at radius 3 is 2.49 bits per heavy atom. The third-order valence-corrected chi connectivity index (χ3v) is 12.2. The van der Waals surface area contributed by atoms with Gasteiger partial charge < -0.3 is 9.73 Å². The number of aromatic nitrogens is 3. The predicted molar refractivity (Wildman–Crippen MR) is 190 cm³/mol. The number of hydrogen-bond donors (Lipinski definition) is 1. The van der Waals surface area contributed by atoms with Crippen molar-refractivity contribution in [1.82, 2.24) is 24.6 Å². The van der Waals surface area contributed by atoms with Gasteiger partial charge in [-0.3, -0.25) is 18.4 Å². The predicted octanol–water partition coefficient (Wildman–Crippen LogP) is 6.21. The van der Waals surface area contributed by atoms with E-state index in [1.807, 2.05) is 16.5 Å². The first-order valence-corrected chi connectivity index (χ1v) is 18.5. The van der Waals surface area contributed by atoms with Crippen molar-refractivity contribution in [3.63, 3.8) is 0 Å². The number of hydrogen-bond acceptors (Lipinski definition) is 7. The number of carbonyl (C=O) groups excluding carboxylic acids is 1. The standard InChI is InChI=1S/C38H30F2N6O4S/c1-41-38(47)34-22-13-21(28(44(2)51(3,48)49)15-30(22)50-37(34)18-7-9-19(39)10-8-18)25-11-12-26-35(43-25)29-14-20-24(40)5-4-6-27(20)46(29)31(42-26)17-45-16-23-32-33(23)36(32)45/h4-15,23,32-33,36H,16-17H2,1-3H3,(H,41,47)/t23?,32-,33?,36?/m1/s1. The van der Waals surface area contributed by atoms with Crippen LogP contribution in [0.3, 0.4) is 0 Å². The summed E-state index contributed by atoms with van der Waals surface area (Å²) in [6, 6.07) is 19.9. The highest BCUT2D eigenvalue weighted by molar-refractivity contribution is 7.92. The van der Waals surface area contributed by atoms with E-state index >= 15 is 4.39 Å². The molecule has 2 aliphatic heterocycles. The Balaban J connectivity index is 1.21. The number of carbonyl (C=O) groups is 1. The summed E-state index contributed by atoms with van der Waals surface area (Å²) in [6.07, 6.45) is 1.10. The van der Waals surface area contributed by atoms with Gasteiger partial charge in [-0.1, -0.05) is 6.07 Å². The quantitative estimate of drug-likeness (QED) is 0.210. The molecule has 1 amide bonds. The normalized spacial score (nSPS) is 20.8. The molecular formula is C38H30F2N6O4S. The Morgan fingerprint density at radius 1 is 1.00 bits per heavy atom. The second-order valence-electron chi connectivity index (χ2n) is 13.9. The first kappa shape index (κ1) is 30.4. The molecule has 4 aromatic heterocycles. The molecule has 2 saturated carbocycles.